The first-order valence-corrected chi connectivity index (χ1v) is 16.2. The summed E-state index contributed by atoms with van der Waals surface area (Å²) in [5, 5.41) is 6.90. The number of carbonyl (C=O) groups is 1. The number of carbonyl (C=O) groups excluding carboxylic acids is 1. The quantitative estimate of drug-likeness (QED) is 0.201. The van der Waals surface area contributed by atoms with Gasteiger partial charge >= 0.3 is 6.18 Å². The predicted octanol–water partition coefficient (Wildman–Crippen LogP) is 7.36. The number of rotatable bonds is 11. The molecule has 12 heteroatoms. The van der Waals surface area contributed by atoms with Gasteiger partial charge in [0.25, 0.3) is 0 Å². The van der Waals surface area contributed by atoms with Crippen LogP contribution in [-0.2, 0) is 34.0 Å². The van der Waals surface area contributed by atoms with Crippen molar-refractivity contribution in [1.29, 1.82) is 0 Å². The second-order valence-electron chi connectivity index (χ2n) is 11.2. The van der Waals surface area contributed by atoms with E-state index < -0.39 is 38.6 Å². The Morgan fingerprint density at radius 2 is 1.74 bits per heavy atom. The minimum atomic E-state index is -4.73. The van der Waals surface area contributed by atoms with Crippen LogP contribution in [0.4, 0.5) is 13.2 Å². The maximum Gasteiger partial charge on any atom is 0.416 e. The molecule has 232 valence electrons. The van der Waals surface area contributed by atoms with Gasteiger partial charge in [-0.1, -0.05) is 61.3 Å². The zero-order valence-electron chi connectivity index (χ0n) is 23.8. The average Bonchev–Trinajstić information content (AvgIpc) is 2.91. The van der Waals surface area contributed by atoms with Crippen LogP contribution in [0.25, 0.3) is 0 Å². The van der Waals surface area contributed by atoms with Gasteiger partial charge in [0, 0.05) is 23.0 Å². The Hall–Kier alpha value is -2.63. The van der Waals surface area contributed by atoms with E-state index in [-0.39, 0.29) is 22.5 Å². The van der Waals surface area contributed by atoms with Crippen molar-refractivity contribution in [2.45, 2.75) is 69.2 Å². The highest BCUT2D eigenvalue weighted by atomic mass is 35.5. The predicted molar refractivity (Wildman–Crippen MR) is 162 cm³/mol. The van der Waals surface area contributed by atoms with Gasteiger partial charge in [-0.3, -0.25) is 4.79 Å². The second kappa shape index (κ2) is 14.0. The molecule has 0 spiro atoms. The van der Waals surface area contributed by atoms with Crippen molar-refractivity contribution < 1.29 is 26.4 Å². The molecule has 1 aliphatic carbocycles. The van der Waals surface area contributed by atoms with Crippen molar-refractivity contribution in [2.75, 3.05) is 6.54 Å². The first-order chi connectivity index (χ1) is 20.2. The maximum atomic E-state index is 13.4. The van der Waals surface area contributed by atoms with Gasteiger partial charge in [0.15, 0.2) is 0 Å². The van der Waals surface area contributed by atoms with E-state index in [0.29, 0.717) is 24.0 Å². The lowest BCUT2D eigenvalue weighted by Crippen LogP contribution is -2.36. The van der Waals surface area contributed by atoms with Crippen LogP contribution in [0.5, 0.6) is 0 Å². The highest BCUT2D eigenvalue weighted by Gasteiger charge is 2.33. The summed E-state index contributed by atoms with van der Waals surface area (Å²) in [5.41, 5.74) is 2.52. The van der Waals surface area contributed by atoms with Gasteiger partial charge in [0.05, 0.1) is 22.5 Å². The van der Waals surface area contributed by atoms with E-state index in [9.17, 15) is 26.4 Å². The number of alkyl halides is 3. The largest absolute Gasteiger partial charge is 0.416 e. The van der Waals surface area contributed by atoms with Gasteiger partial charge in [-0.25, -0.2) is 13.1 Å². The number of benzene rings is 3. The first-order valence-electron chi connectivity index (χ1n) is 14.0. The molecule has 0 heterocycles. The number of halogens is 5. The summed E-state index contributed by atoms with van der Waals surface area (Å²) in [6, 6.07) is 12.6. The Bertz CT molecular complexity index is 1550. The molecule has 0 aliphatic heterocycles. The molecule has 0 saturated heterocycles. The topological polar surface area (TPSA) is 87.3 Å². The number of nitrogens with one attached hydrogen (secondary N) is 3. The Balaban J connectivity index is 1.54. The summed E-state index contributed by atoms with van der Waals surface area (Å²) in [5.74, 6) is 0.104. The molecule has 3 aromatic rings. The number of fused-ring (bicyclic) bond motifs is 1. The SMILES string of the molecule is CC(C)CNCc1ccc2c(c1)CCC[C@H]2NC(=O)CC(NS(=O)(=O)c1cccc(C(F)(F)F)c1)c1cc(Cl)cc(Cl)c1. The normalized spacial score (nSPS) is 16.1. The molecule has 4 rings (SSSR count). The minimum Gasteiger partial charge on any atom is -0.349 e. The van der Waals surface area contributed by atoms with Crippen LogP contribution in [0, 0.1) is 5.92 Å². The maximum absolute atomic E-state index is 13.4. The fraction of sp³-hybridized carbons (Fsp3) is 0.387. The lowest BCUT2D eigenvalue weighted by molar-refractivity contribution is -0.137. The van der Waals surface area contributed by atoms with E-state index in [0.717, 1.165) is 60.8 Å². The number of hydrogen-bond acceptors (Lipinski definition) is 4. The molecule has 0 fully saturated rings. The molecular weight excluding hydrogens is 622 g/mol. The first kappa shape index (κ1) is 33.3. The fourth-order valence-corrected chi connectivity index (χ4v) is 6.98. The summed E-state index contributed by atoms with van der Waals surface area (Å²) in [6.07, 6.45) is -2.59. The summed E-state index contributed by atoms with van der Waals surface area (Å²) in [7, 11) is -4.48. The van der Waals surface area contributed by atoms with E-state index in [1.54, 1.807) is 0 Å². The van der Waals surface area contributed by atoms with Crippen molar-refractivity contribution in [3.05, 3.63) is 98.5 Å². The molecule has 1 aliphatic rings. The molecule has 0 aromatic heterocycles. The van der Waals surface area contributed by atoms with Gasteiger partial charge in [0.1, 0.15) is 0 Å². The Morgan fingerprint density at radius 3 is 2.42 bits per heavy atom. The van der Waals surface area contributed by atoms with Crippen molar-refractivity contribution in [3.63, 3.8) is 0 Å². The third-order valence-corrected chi connectivity index (χ3v) is 9.09. The average molecular weight is 657 g/mol. The third kappa shape index (κ3) is 9.18. The van der Waals surface area contributed by atoms with E-state index in [1.165, 1.54) is 18.2 Å². The summed E-state index contributed by atoms with van der Waals surface area (Å²) in [4.78, 5) is 12.8. The zero-order chi connectivity index (χ0) is 31.4. The van der Waals surface area contributed by atoms with Crippen molar-refractivity contribution in [3.8, 4) is 0 Å². The molecule has 3 aromatic carbocycles. The molecule has 43 heavy (non-hydrogen) atoms. The van der Waals surface area contributed by atoms with Crippen LogP contribution in [0.1, 0.15) is 73.0 Å². The highest BCUT2D eigenvalue weighted by Crippen LogP contribution is 2.33. The molecule has 1 unspecified atom stereocenters. The number of aryl methyl sites for hydroxylation is 1. The smallest absolute Gasteiger partial charge is 0.349 e. The molecule has 1 amide bonds. The van der Waals surface area contributed by atoms with Gasteiger partial charge in [-0.2, -0.15) is 13.2 Å². The Kier molecular flexibility index (Phi) is 10.8. The van der Waals surface area contributed by atoms with Gasteiger partial charge in [-0.05, 0) is 90.4 Å². The fourth-order valence-electron chi connectivity index (χ4n) is 5.17. The van der Waals surface area contributed by atoms with Crippen molar-refractivity contribution in [2.24, 2.45) is 5.92 Å². The van der Waals surface area contributed by atoms with Crippen LogP contribution in [-0.4, -0.2) is 20.9 Å². The van der Waals surface area contributed by atoms with Crippen molar-refractivity contribution >= 4 is 39.1 Å². The van der Waals surface area contributed by atoms with E-state index in [1.807, 2.05) is 12.1 Å². The monoisotopic (exact) mass is 655 g/mol. The molecule has 2 atom stereocenters. The van der Waals surface area contributed by atoms with Crippen LogP contribution >= 0.6 is 23.2 Å². The number of amides is 1. The molecule has 0 saturated carbocycles. The third-order valence-electron chi connectivity index (χ3n) is 7.18. The number of hydrogen-bond donors (Lipinski definition) is 3. The summed E-state index contributed by atoms with van der Waals surface area (Å²) in [6.45, 7) is 5.95. The Labute approximate surface area is 260 Å². The molecule has 6 nitrogen and oxygen atoms in total. The van der Waals surface area contributed by atoms with Crippen molar-refractivity contribution in [1.82, 2.24) is 15.4 Å². The van der Waals surface area contributed by atoms with Crippen LogP contribution in [0.2, 0.25) is 10.0 Å². The standard InChI is InChI=1S/C31H34Cl2F3N3O3S/c1-19(2)17-37-18-20-9-10-27-21(11-20)5-3-8-28(27)38-30(40)16-29(22-12-24(32)15-25(33)13-22)39-43(41,42)26-7-4-6-23(14-26)31(34,35)36/h4,6-7,9-15,19,28-29,37,39H,3,5,8,16-18H2,1-2H3,(H,38,40)/t28-,29?/m1/s1. The van der Waals surface area contributed by atoms with Crippen LogP contribution in [0.3, 0.4) is 0 Å². The lowest BCUT2D eigenvalue weighted by Gasteiger charge is -2.28. The van der Waals surface area contributed by atoms with Crippen LogP contribution < -0.4 is 15.4 Å². The summed E-state index contributed by atoms with van der Waals surface area (Å²) < 4.78 is 68.8. The Morgan fingerprint density at radius 1 is 1.02 bits per heavy atom. The molecule has 0 bridgehead atoms. The van der Waals surface area contributed by atoms with Gasteiger partial charge < -0.3 is 10.6 Å². The van der Waals surface area contributed by atoms with E-state index >= 15 is 0 Å². The minimum absolute atomic E-state index is 0.214. The number of sulfonamides is 1. The van der Waals surface area contributed by atoms with E-state index in [2.05, 4.69) is 35.3 Å². The molecule has 0 radical (unpaired) electrons. The van der Waals surface area contributed by atoms with Gasteiger partial charge in [-0.15, -0.1) is 0 Å². The second-order valence-corrected chi connectivity index (χ2v) is 13.8. The van der Waals surface area contributed by atoms with E-state index in [4.69, 9.17) is 23.2 Å². The van der Waals surface area contributed by atoms with Gasteiger partial charge in [0.2, 0.25) is 15.9 Å². The highest BCUT2D eigenvalue weighted by molar-refractivity contribution is 7.89. The molecule has 3 N–H and O–H groups in total. The lowest BCUT2D eigenvalue weighted by atomic mass is 9.86. The molecular formula is C31H34Cl2F3N3O3S. The van der Waals surface area contributed by atoms with Crippen LogP contribution in [0.15, 0.2) is 65.6 Å². The summed E-state index contributed by atoms with van der Waals surface area (Å²) >= 11 is 12.3. The zero-order valence-corrected chi connectivity index (χ0v) is 26.1.